The molecular weight excluding hydrogens is 282 g/mol. The molecule has 3 nitrogen and oxygen atoms in total. The topological polar surface area (TPSA) is 37.4 Å². The number of benzene rings is 1. The molecule has 0 atom stereocenters. The summed E-state index contributed by atoms with van der Waals surface area (Å²) in [6.45, 7) is 1.60. The zero-order valence-electron chi connectivity index (χ0n) is 9.44. The molecule has 0 unspecified atom stereocenters. The number of amides is 1. The number of halogens is 1. The first-order valence-corrected chi connectivity index (χ1v) is 5.81. The minimum atomic E-state index is -0.231. The summed E-state index contributed by atoms with van der Waals surface area (Å²) >= 11 is 3.29. The largest absolute Gasteiger partial charge is 0.320 e. The maximum Gasteiger partial charge on any atom is 0.255 e. The molecule has 0 radical (unpaired) electrons. The van der Waals surface area contributed by atoms with Crippen molar-refractivity contribution in [2.75, 3.05) is 13.1 Å². The zero-order valence-corrected chi connectivity index (χ0v) is 11.0. The van der Waals surface area contributed by atoms with Gasteiger partial charge in [0, 0.05) is 10.0 Å². The molecule has 0 aromatic heterocycles. The Balaban J connectivity index is 2.88. The molecule has 0 saturated heterocycles. The lowest BCUT2D eigenvalue weighted by atomic mass is 10.2. The van der Waals surface area contributed by atoms with Crippen LogP contribution in [0.2, 0.25) is 0 Å². The van der Waals surface area contributed by atoms with E-state index in [0.717, 1.165) is 4.47 Å². The number of ketones is 1. The molecule has 0 spiro atoms. The highest BCUT2D eigenvalue weighted by Gasteiger charge is 2.15. The van der Waals surface area contributed by atoms with Gasteiger partial charge in [-0.1, -0.05) is 21.9 Å². The van der Waals surface area contributed by atoms with Gasteiger partial charge in [0.1, 0.15) is 5.78 Å². The van der Waals surface area contributed by atoms with Crippen molar-refractivity contribution in [2.45, 2.75) is 6.92 Å². The van der Waals surface area contributed by atoms with Gasteiger partial charge < -0.3 is 4.90 Å². The van der Waals surface area contributed by atoms with E-state index in [1.807, 2.05) is 0 Å². The van der Waals surface area contributed by atoms with Crippen LogP contribution in [-0.2, 0) is 4.79 Å². The van der Waals surface area contributed by atoms with Gasteiger partial charge in [0.2, 0.25) is 0 Å². The van der Waals surface area contributed by atoms with E-state index in [1.165, 1.54) is 11.8 Å². The summed E-state index contributed by atoms with van der Waals surface area (Å²) in [5.41, 5.74) is 0.518. The van der Waals surface area contributed by atoms with Crippen molar-refractivity contribution >= 4 is 27.6 Å². The lowest BCUT2D eigenvalue weighted by Crippen LogP contribution is -2.35. The number of carbonyl (C=O) groups is 2. The fourth-order valence-electron chi connectivity index (χ4n) is 1.35. The van der Waals surface area contributed by atoms with Crippen molar-refractivity contribution in [3.05, 3.63) is 34.3 Å². The second kappa shape index (κ2) is 6.21. The van der Waals surface area contributed by atoms with Crippen LogP contribution in [0, 0.1) is 12.3 Å². The van der Waals surface area contributed by atoms with Crippen LogP contribution in [0.25, 0.3) is 0 Å². The van der Waals surface area contributed by atoms with Crippen LogP contribution in [0.15, 0.2) is 28.7 Å². The fourth-order valence-corrected chi connectivity index (χ4v) is 1.62. The third-order valence-electron chi connectivity index (χ3n) is 2.07. The quantitative estimate of drug-likeness (QED) is 0.798. The average molecular weight is 294 g/mol. The van der Waals surface area contributed by atoms with Crippen molar-refractivity contribution < 1.29 is 9.59 Å². The van der Waals surface area contributed by atoms with Crippen LogP contribution in [0.3, 0.4) is 0 Å². The minimum Gasteiger partial charge on any atom is -0.320 e. The van der Waals surface area contributed by atoms with Gasteiger partial charge in [-0.15, -0.1) is 6.42 Å². The first-order chi connectivity index (χ1) is 8.04. The summed E-state index contributed by atoms with van der Waals surface area (Å²) in [6.07, 6.45) is 5.18. The zero-order chi connectivity index (χ0) is 12.8. The van der Waals surface area contributed by atoms with E-state index >= 15 is 0 Å². The molecule has 0 fully saturated rings. The van der Waals surface area contributed by atoms with Crippen molar-refractivity contribution in [1.29, 1.82) is 0 Å². The van der Waals surface area contributed by atoms with Gasteiger partial charge in [0.15, 0.2) is 0 Å². The minimum absolute atomic E-state index is 0.0408. The van der Waals surface area contributed by atoms with Crippen LogP contribution in [0.1, 0.15) is 17.3 Å². The smallest absolute Gasteiger partial charge is 0.255 e. The molecule has 88 valence electrons. The predicted molar refractivity (Wildman–Crippen MR) is 69.6 cm³/mol. The summed E-state index contributed by atoms with van der Waals surface area (Å²) < 4.78 is 0.893. The highest BCUT2D eigenvalue weighted by Crippen LogP contribution is 2.12. The molecule has 0 aliphatic carbocycles. The Labute approximate surface area is 109 Å². The van der Waals surface area contributed by atoms with E-state index in [9.17, 15) is 9.59 Å². The Hall–Kier alpha value is -1.60. The van der Waals surface area contributed by atoms with Gasteiger partial charge in [-0.3, -0.25) is 9.59 Å². The molecule has 0 heterocycles. The van der Waals surface area contributed by atoms with Crippen LogP contribution < -0.4 is 0 Å². The van der Waals surface area contributed by atoms with Crippen molar-refractivity contribution in [3.8, 4) is 12.3 Å². The standard InChI is InChI=1S/C13H12BrNO2/c1-3-8-15(9-10(2)16)13(17)11-4-6-12(14)7-5-11/h1,4-7H,8-9H2,2H3. The molecule has 1 amide bonds. The second-order valence-electron chi connectivity index (χ2n) is 3.57. The van der Waals surface area contributed by atoms with Crippen molar-refractivity contribution in [2.24, 2.45) is 0 Å². The highest BCUT2D eigenvalue weighted by molar-refractivity contribution is 9.10. The Morgan fingerprint density at radius 1 is 1.35 bits per heavy atom. The van der Waals surface area contributed by atoms with E-state index in [-0.39, 0.29) is 24.8 Å². The number of hydrogen-bond donors (Lipinski definition) is 0. The maximum absolute atomic E-state index is 12.0. The van der Waals surface area contributed by atoms with Gasteiger partial charge >= 0.3 is 0 Å². The highest BCUT2D eigenvalue weighted by atomic mass is 79.9. The molecule has 1 rings (SSSR count). The predicted octanol–water partition coefficient (Wildman–Crippen LogP) is 2.11. The Kier molecular flexibility index (Phi) is 4.92. The first-order valence-electron chi connectivity index (χ1n) is 5.02. The van der Waals surface area contributed by atoms with E-state index in [4.69, 9.17) is 6.42 Å². The summed E-state index contributed by atoms with van der Waals surface area (Å²) in [7, 11) is 0. The number of Topliss-reactive ketones (excluding diaryl/α,β-unsaturated/α-hetero) is 1. The van der Waals surface area contributed by atoms with Crippen LogP contribution in [0.5, 0.6) is 0 Å². The molecule has 0 aliphatic rings. The second-order valence-corrected chi connectivity index (χ2v) is 4.49. The molecule has 1 aromatic carbocycles. The van der Waals surface area contributed by atoms with Gasteiger partial charge in [-0.25, -0.2) is 0 Å². The molecule has 0 N–H and O–H groups in total. The SMILES string of the molecule is C#CCN(CC(C)=O)C(=O)c1ccc(Br)cc1. The van der Waals surface area contributed by atoms with Crippen LogP contribution >= 0.6 is 15.9 Å². The number of rotatable bonds is 4. The summed E-state index contributed by atoms with van der Waals surface area (Å²) in [6, 6.07) is 6.93. The number of hydrogen-bond acceptors (Lipinski definition) is 2. The van der Waals surface area contributed by atoms with Gasteiger partial charge in [0.25, 0.3) is 5.91 Å². The van der Waals surface area contributed by atoms with Crippen molar-refractivity contribution in [1.82, 2.24) is 4.90 Å². The Morgan fingerprint density at radius 3 is 2.41 bits per heavy atom. The maximum atomic E-state index is 12.0. The Morgan fingerprint density at radius 2 is 1.94 bits per heavy atom. The van der Waals surface area contributed by atoms with E-state index in [2.05, 4.69) is 21.9 Å². The van der Waals surface area contributed by atoms with E-state index < -0.39 is 0 Å². The molecule has 4 heteroatoms. The normalized spacial score (nSPS) is 9.47. The monoisotopic (exact) mass is 293 g/mol. The van der Waals surface area contributed by atoms with E-state index in [0.29, 0.717) is 5.56 Å². The summed E-state index contributed by atoms with van der Waals surface area (Å²) in [5, 5.41) is 0. The lowest BCUT2D eigenvalue weighted by molar-refractivity contribution is -0.117. The lowest BCUT2D eigenvalue weighted by Gasteiger charge is -2.18. The first kappa shape index (κ1) is 13.5. The number of terminal acetylenes is 1. The molecule has 0 aliphatic heterocycles. The summed E-state index contributed by atoms with van der Waals surface area (Å²) in [4.78, 5) is 24.4. The third-order valence-corrected chi connectivity index (χ3v) is 2.60. The molecule has 0 saturated carbocycles. The van der Waals surface area contributed by atoms with E-state index in [1.54, 1.807) is 24.3 Å². The molecular formula is C13H12BrNO2. The molecule has 0 bridgehead atoms. The average Bonchev–Trinajstić information content (AvgIpc) is 2.28. The van der Waals surface area contributed by atoms with Gasteiger partial charge in [-0.05, 0) is 31.2 Å². The molecule has 17 heavy (non-hydrogen) atoms. The Bertz CT molecular complexity index is 459. The van der Waals surface area contributed by atoms with Crippen molar-refractivity contribution in [3.63, 3.8) is 0 Å². The van der Waals surface area contributed by atoms with Gasteiger partial charge in [0.05, 0.1) is 13.1 Å². The summed E-state index contributed by atoms with van der Waals surface area (Å²) in [5.74, 6) is 2.06. The fraction of sp³-hybridized carbons (Fsp3) is 0.231. The molecule has 1 aromatic rings. The number of nitrogens with zero attached hydrogens (tertiary/aromatic N) is 1. The number of carbonyl (C=O) groups excluding carboxylic acids is 2. The third kappa shape index (κ3) is 4.04. The van der Waals surface area contributed by atoms with Crippen LogP contribution in [-0.4, -0.2) is 29.7 Å². The van der Waals surface area contributed by atoms with Crippen LogP contribution in [0.4, 0.5) is 0 Å². The van der Waals surface area contributed by atoms with Gasteiger partial charge in [-0.2, -0.15) is 0 Å².